The molecule has 0 N–H and O–H groups in total. The Hall–Kier alpha value is -1.88. The van der Waals surface area contributed by atoms with Crippen LogP contribution in [0.15, 0.2) is 30.3 Å². The van der Waals surface area contributed by atoms with Gasteiger partial charge in [0.1, 0.15) is 6.61 Å². The minimum Gasteiger partial charge on any atom is -0.462 e. The maximum Gasteiger partial charge on any atom is 0.305 e. The van der Waals surface area contributed by atoms with Gasteiger partial charge in [0.2, 0.25) is 0 Å². The quantitative estimate of drug-likeness (QED) is 0.655. The maximum atomic E-state index is 11.4. The van der Waals surface area contributed by atoms with E-state index in [0.717, 1.165) is 5.56 Å². The molecule has 0 radical (unpaired) electrons. The first-order valence-electron chi connectivity index (χ1n) is 7.12. The Kier molecular flexibility index (Phi) is 8.12. The first-order chi connectivity index (χ1) is 10.2. The average molecular weight is 294 g/mol. The van der Waals surface area contributed by atoms with Crippen LogP contribution in [0.3, 0.4) is 0 Å². The Bertz CT molecular complexity index is 430. The normalized spacial score (nSPS) is 11.7. The van der Waals surface area contributed by atoms with E-state index in [0.29, 0.717) is 13.0 Å². The van der Waals surface area contributed by atoms with Crippen LogP contribution in [0.1, 0.15) is 32.3 Å². The van der Waals surface area contributed by atoms with Crippen LogP contribution in [0.5, 0.6) is 0 Å². The predicted octanol–water partition coefficient (Wildman–Crippen LogP) is 2.48. The number of rotatable bonds is 9. The van der Waals surface area contributed by atoms with Gasteiger partial charge >= 0.3 is 11.9 Å². The Balaban J connectivity index is 2.40. The van der Waals surface area contributed by atoms with Gasteiger partial charge in [-0.3, -0.25) is 9.59 Å². The number of benzene rings is 1. The van der Waals surface area contributed by atoms with Gasteiger partial charge in [0.05, 0.1) is 13.2 Å². The summed E-state index contributed by atoms with van der Waals surface area (Å²) < 4.78 is 15.7. The second-order valence-corrected chi connectivity index (χ2v) is 4.50. The van der Waals surface area contributed by atoms with Crippen molar-refractivity contribution in [2.75, 3.05) is 13.2 Å². The Morgan fingerprint density at radius 3 is 2.29 bits per heavy atom. The van der Waals surface area contributed by atoms with Gasteiger partial charge in [-0.1, -0.05) is 44.2 Å². The molecule has 0 unspecified atom stereocenters. The van der Waals surface area contributed by atoms with Crippen molar-refractivity contribution in [3.05, 3.63) is 35.9 Å². The summed E-state index contributed by atoms with van der Waals surface area (Å²) in [6, 6.07) is 9.68. The lowest BCUT2D eigenvalue weighted by atomic mass is 10.2. The van der Waals surface area contributed by atoms with E-state index in [1.807, 2.05) is 30.3 Å². The number of ether oxygens (including phenoxy) is 3. The van der Waals surface area contributed by atoms with Crippen LogP contribution in [-0.4, -0.2) is 31.3 Å². The lowest BCUT2D eigenvalue weighted by Gasteiger charge is -2.17. The van der Waals surface area contributed by atoms with Gasteiger partial charge in [-0.15, -0.1) is 0 Å². The lowest BCUT2D eigenvalue weighted by molar-refractivity contribution is -0.162. The van der Waals surface area contributed by atoms with E-state index >= 15 is 0 Å². The molecule has 0 spiro atoms. The standard InChI is InChI=1S/C16H22O5/c1-3-15(17)20-12-14(21-16(18)4-2)11-19-10-13-8-6-5-7-9-13/h5-9,14H,3-4,10-12H2,1-2H3/t14-/m0/s1. The van der Waals surface area contributed by atoms with Crippen molar-refractivity contribution in [1.29, 1.82) is 0 Å². The van der Waals surface area contributed by atoms with Crippen molar-refractivity contribution in [2.45, 2.75) is 39.4 Å². The van der Waals surface area contributed by atoms with Crippen LogP contribution in [0.4, 0.5) is 0 Å². The molecule has 0 saturated carbocycles. The third-order valence-electron chi connectivity index (χ3n) is 2.72. The molecule has 0 amide bonds. The molecule has 0 fully saturated rings. The van der Waals surface area contributed by atoms with Crippen LogP contribution < -0.4 is 0 Å². The van der Waals surface area contributed by atoms with Crippen LogP contribution in [0.25, 0.3) is 0 Å². The van der Waals surface area contributed by atoms with E-state index in [1.165, 1.54) is 0 Å². The summed E-state index contributed by atoms with van der Waals surface area (Å²) in [6.07, 6.45) is -0.00683. The first kappa shape index (κ1) is 17.2. The minimum absolute atomic E-state index is 0.0210. The van der Waals surface area contributed by atoms with Crippen molar-refractivity contribution in [1.82, 2.24) is 0 Å². The summed E-state index contributed by atoms with van der Waals surface area (Å²) in [4.78, 5) is 22.5. The summed E-state index contributed by atoms with van der Waals surface area (Å²) in [7, 11) is 0. The lowest BCUT2D eigenvalue weighted by Crippen LogP contribution is -2.29. The molecule has 1 aromatic carbocycles. The van der Waals surface area contributed by atoms with Crippen LogP contribution in [-0.2, 0) is 30.4 Å². The molecule has 0 aromatic heterocycles. The molecular formula is C16H22O5. The van der Waals surface area contributed by atoms with E-state index in [4.69, 9.17) is 14.2 Å². The zero-order valence-electron chi connectivity index (χ0n) is 12.5. The molecule has 1 rings (SSSR count). The SMILES string of the molecule is CCC(=O)OC[C@H](COCc1ccccc1)OC(=O)CC. The van der Waals surface area contributed by atoms with Gasteiger partial charge in [-0.05, 0) is 5.56 Å². The van der Waals surface area contributed by atoms with E-state index in [9.17, 15) is 9.59 Å². The molecule has 5 heteroatoms. The van der Waals surface area contributed by atoms with Gasteiger partial charge in [0.15, 0.2) is 6.10 Å². The molecule has 21 heavy (non-hydrogen) atoms. The van der Waals surface area contributed by atoms with Crippen molar-refractivity contribution in [2.24, 2.45) is 0 Å². The molecule has 0 aliphatic rings. The van der Waals surface area contributed by atoms with E-state index in [1.54, 1.807) is 13.8 Å². The second kappa shape index (κ2) is 9.94. The van der Waals surface area contributed by atoms with Crippen molar-refractivity contribution in [3.63, 3.8) is 0 Å². The molecule has 0 heterocycles. The van der Waals surface area contributed by atoms with E-state index < -0.39 is 6.10 Å². The average Bonchev–Trinajstić information content (AvgIpc) is 2.52. The van der Waals surface area contributed by atoms with Gasteiger partial charge in [-0.2, -0.15) is 0 Å². The molecule has 0 bridgehead atoms. The highest BCUT2D eigenvalue weighted by Crippen LogP contribution is 2.04. The number of esters is 2. The molecule has 116 valence electrons. The topological polar surface area (TPSA) is 61.8 Å². The maximum absolute atomic E-state index is 11.4. The third kappa shape index (κ3) is 7.46. The highest BCUT2D eigenvalue weighted by molar-refractivity contribution is 5.70. The zero-order chi connectivity index (χ0) is 15.5. The van der Waals surface area contributed by atoms with Gasteiger partial charge in [-0.25, -0.2) is 0 Å². The van der Waals surface area contributed by atoms with E-state index in [-0.39, 0.29) is 31.6 Å². The fourth-order valence-electron chi connectivity index (χ4n) is 1.56. The second-order valence-electron chi connectivity index (χ2n) is 4.50. The number of carbonyl (C=O) groups is 2. The fraction of sp³-hybridized carbons (Fsp3) is 0.500. The summed E-state index contributed by atoms with van der Waals surface area (Å²) in [6.45, 7) is 4.05. The van der Waals surface area contributed by atoms with Gasteiger partial charge in [0.25, 0.3) is 0 Å². The summed E-state index contributed by atoms with van der Waals surface area (Å²) in [5.74, 6) is -0.661. The monoisotopic (exact) mass is 294 g/mol. The van der Waals surface area contributed by atoms with Crippen LogP contribution in [0.2, 0.25) is 0 Å². The Labute approximate surface area is 125 Å². The number of hydrogen-bond donors (Lipinski definition) is 0. The largest absolute Gasteiger partial charge is 0.462 e. The van der Waals surface area contributed by atoms with E-state index in [2.05, 4.69) is 0 Å². The summed E-state index contributed by atoms with van der Waals surface area (Å²) in [5, 5.41) is 0. The predicted molar refractivity (Wildman–Crippen MR) is 77.5 cm³/mol. The molecule has 0 aliphatic carbocycles. The fourth-order valence-corrected chi connectivity index (χ4v) is 1.56. The van der Waals surface area contributed by atoms with Gasteiger partial charge < -0.3 is 14.2 Å². The molecule has 1 atom stereocenters. The van der Waals surface area contributed by atoms with Crippen molar-refractivity contribution in [3.8, 4) is 0 Å². The minimum atomic E-state index is -0.573. The smallest absolute Gasteiger partial charge is 0.305 e. The van der Waals surface area contributed by atoms with Crippen molar-refractivity contribution < 1.29 is 23.8 Å². The Morgan fingerprint density at radius 2 is 1.67 bits per heavy atom. The number of hydrogen-bond acceptors (Lipinski definition) is 5. The third-order valence-corrected chi connectivity index (χ3v) is 2.72. The zero-order valence-corrected chi connectivity index (χ0v) is 12.5. The van der Waals surface area contributed by atoms with Crippen LogP contribution >= 0.6 is 0 Å². The van der Waals surface area contributed by atoms with Gasteiger partial charge in [0, 0.05) is 12.8 Å². The molecule has 0 saturated heterocycles. The summed E-state index contributed by atoms with van der Waals surface area (Å²) >= 11 is 0. The molecule has 1 aromatic rings. The van der Waals surface area contributed by atoms with Crippen LogP contribution in [0, 0.1) is 0 Å². The molecular weight excluding hydrogens is 272 g/mol. The summed E-state index contributed by atoms with van der Waals surface area (Å²) in [5.41, 5.74) is 1.03. The van der Waals surface area contributed by atoms with Crippen molar-refractivity contribution >= 4 is 11.9 Å². The molecule has 5 nitrogen and oxygen atoms in total. The number of carbonyl (C=O) groups excluding carboxylic acids is 2. The first-order valence-corrected chi connectivity index (χ1v) is 7.12. The highest BCUT2D eigenvalue weighted by atomic mass is 16.6. The Morgan fingerprint density at radius 1 is 1.00 bits per heavy atom. The highest BCUT2D eigenvalue weighted by Gasteiger charge is 2.16. The molecule has 0 aliphatic heterocycles.